The van der Waals surface area contributed by atoms with Crippen molar-refractivity contribution in [3.05, 3.63) is 5.56 Å². The Balaban J connectivity index is 2.64. The number of carbonyl (C=O) groups excluding carboxylic acids is 1. The third-order valence-corrected chi connectivity index (χ3v) is 2.79. The van der Waals surface area contributed by atoms with E-state index in [1.165, 1.54) is 0 Å². The molecule has 1 atom stereocenters. The number of hydrogen-bond donors (Lipinski definition) is 3. The molecule has 5 N–H and O–H groups in total. The monoisotopic (exact) mass is 244 g/mol. The number of anilines is 2. The Hall–Kier alpha value is -1.34. The van der Waals surface area contributed by atoms with Crippen LogP contribution in [0.5, 0.6) is 0 Å². The van der Waals surface area contributed by atoms with Crippen molar-refractivity contribution in [3.8, 4) is 0 Å². The first-order valence-electron chi connectivity index (χ1n) is 4.96. The summed E-state index contributed by atoms with van der Waals surface area (Å²) < 4.78 is 9.22. The van der Waals surface area contributed by atoms with Gasteiger partial charge in [-0.05, 0) is 25.4 Å². The molecule has 0 saturated heterocycles. The normalized spacial score (nSPS) is 12.4. The van der Waals surface area contributed by atoms with Gasteiger partial charge >= 0.3 is 0 Å². The maximum Gasteiger partial charge on any atom is 0.255 e. The van der Waals surface area contributed by atoms with E-state index >= 15 is 0 Å². The lowest BCUT2D eigenvalue weighted by atomic mass is 10.3. The van der Waals surface area contributed by atoms with Gasteiger partial charge in [0.25, 0.3) is 5.91 Å². The third-order valence-electron chi connectivity index (χ3n) is 1.97. The largest absolute Gasteiger partial charge is 0.382 e. The number of primary amides is 1. The van der Waals surface area contributed by atoms with Crippen LogP contribution in [0.4, 0.5) is 10.8 Å². The van der Waals surface area contributed by atoms with Crippen molar-refractivity contribution in [2.24, 2.45) is 5.73 Å². The molecule has 1 rings (SSSR count). The molecule has 6 nitrogen and oxygen atoms in total. The molecule has 0 saturated carbocycles. The van der Waals surface area contributed by atoms with Crippen molar-refractivity contribution in [2.75, 3.05) is 24.2 Å². The van der Waals surface area contributed by atoms with Crippen LogP contribution in [0.15, 0.2) is 0 Å². The molecule has 1 aromatic heterocycles. The zero-order chi connectivity index (χ0) is 12.1. The van der Waals surface area contributed by atoms with E-state index in [4.69, 9.17) is 16.2 Å². The molecule has 1 heterocycles. The Kier molecular flexibility index (Phi) is 4.51. The quantitative estimate of drug-likeness (QED) is 0.682. The highest BCUT2D eigenvalue weighted by atomic mass is 32.1. The standard InChI is InChI=1S/C9H16N4O2S/c1-3-15-5(2)4-12-9-6(8(11)14)7(10)13-16-9/h5,12H,3-4H2,1-2H3,(H2,10,13)(H2,11,14). The summed E-state index contributed by atoms with van der Waals surface area (Å²) in [4.78, 5) is 11.1. The highest BCUT2D eigenvalue weighted by Gasteiger charge is 2.16. The predicted octanol–water partition coefficient (Wildman–Crippen LogP) is 0.661. The summed E-state index contributed by atoms with van der Waals surface area (Å²) in [5, 5.41) is 3.64. The molecule has 0 aliphatic carbocycles. The molecule has 1 unspecified atom stereocenters. The van der Waals surface area contributed by atoms with Crippen molar-refractivity contribution >= 4 is 28.3 Å². The summed E-state index contributed by atoms with van der Waals surface area (Å²) in [6.45, 7) is 5.09. The maximum atomic E-state index is 11.1. The fraction of sp³-hybridized carbons (Fsp3) is 0.556. The first-order valence-corrected chi connectivity index (χ1v) is 5.74. The lowest BCUT2D eigenvalue weighted by Gasteiger charge is -2.12. The molecular weight excluding hydrogens is 228 g/mol. The number of ether oxygens (including phenoxy) is 1. The molecule has 0 aliphatic rings. The van der Waals surface area contributed by atoms with Crippen molar-refractivity contribution < 1.29 is 9.53 Å². The highest BCUT2D eigenvalue weighted by molar-refractivity contribution is 7.11. The minimum absolute atomic E-state index is 0.0500. The van der Waals surface area contributed by atoms with Crippen molar-refractivity contribution in [1.82, 2.24) is 4.37 Å². The molecule has 0 aliphatic heterocycles. The van der Waals surface area contributed by atoms with E-state index < -0.39 is 5.91 Å². The number of nitrogen functional groups attached to an aromatic ring is 1. The Morgan fingerprint density at radius 2 is 2.38 bits per heavy atom. The maximum absolute atomic E-state index is 11.1. The summed E-state index contributed by atoms with van der Waals surface area (Å²) in [5.74, 6) is -0.401. The number of carbonyl (C=O) groups is 1. The van der Waals surface area contributed by atoms with Gasteiger partial charge in [-0.3, -0.25) is 4.79 Å². The fourth-order valence-corrected chi connectivity index (χ4v) is 1.97. The molecule has 1 amide bonds. The summed E-state index contributed by atoms with van der Waals surface area (Å²) >= 11 is 1.12. The molecular formula is C9H16N4O2S. The number of rotatable bonds is 6. The molecule has 0 spiro atoms. The van der Waals surface area contributed by atoms with Crippen LogP contribution >= 0.6 is 11.5 Å². The van der Waals surface area contributed by atoms with Crippen molar-refractivity contribution in [1.29, 1.82) is 0 Å². The second-order valence-electron chi connectivity index (χ2n) is 3.28. The van der Waals surface area contributed by atoms with Gasteiger partial charge in [0.15, 0.2) is 5.82 Å². The fourth-order valence-electron chi connectivity index (χ4n) is 1.24. The minimum Gasteiger partial charge on any atom is -0.382 e. The van der Waals surface area contributed by atoms with E-state index in [1.54, 1.807) is 0 Å². The third kappa shape index (κ3) is 3.07. The van der Waals surface area contributed by atoms with Gasteiger partial charge in [-0.2, -0.15) is 4.37 Å². The van der Waals surface area contributed by atoms with Crippen LogP contribution in [0, 0.1) is 0 Å². The number of nitrogens with zero attached hydrogens (tertiary/aromatic N) is 1. The van der Waals surface area contributed by atoms with Gasteiger partial charge in [-0.1, -0.05) is 0 Å². The SMILES string of the molecule is CCOC(C)CNc1snc(N)c1C(N)=O. The second kappa shape index (κ2) is 5.66. The second-order valence-corrected chi connectivity index (χ2v) is 4.06. The molecule has 0 fully saturated rings. The van der Waals surface area contributed by atoms with Crippen molar-refractivity contribution in [2.45, 2.75) is 20.0 Å². The summed E-state index contributed by atoms with van der Waals surface area (Å²) in [5.41, 5.74) is 11.0. The van der Waals surface area contributed by atoms with Gasteiger partial charge in [0.05, 0.1) is 6.10 Å². The van der Waals surface area contributed by atoms with Crippen molar-refractivity contribution in [3.63, 3.8) is 0 Å². The van der Waals surface area contributed by atoms with Crippen LogP contribution < -0.4 is 16.8 Å². The van der Waals surface area contributed by atoms with E-state index in [2.05, 4.69) is 9.69 Å². The molecule has 0 radical (unpaired) electrons. The molecule has 90 valence electrons. The van der Waals surface area contributed by atoms with E-state index in [-0.39, 0.29) is 17.5 Å². The molecule has 1 aromatic rings. The molecule has 0 bridgehead atoms. The lowest BCUT2D eigenvalue weighted by molar-refractivity contribution is 0.0855. The van der Waals surface area contributed by atoms with Crippen LogP contribution in [0.25, 0.3) is 0 Å². The number of aromatic nitrogens is 1. The topological polar surface area (TPSA) is 103 Å². The summed E-state index contributed by atoms with van der Waals surface area (Å²) in [6.07, 6.45) is 0.0500. The van der Waals surface area contributed by atoms with E-state index in [0.29, 0.717) is 18.2 Å². The zero-order valence-electron chi connectivity index (χ0n) is 9.32. The van der Waals surface area contributed by atoms with E-state index in [1.807, 2.05) is 13.8 Å². The van der Waals surface area contributed by atoms with Gasteiger partial charge in [0, 0.05) is 13.2 Å². The number of amides is 1. The molecule has 7 heteroatoms. The minimum atomic E-state index is -0.571. The number of nitrogens with two attached hydrogens (primary N) is 2. The highest BCUT2D eigenvalue weighted by Crippen LogP contribution is 2.25. The van der Waals surface area contributed by atoms with Gasteiger partial charge in [0.1, 0.15) is 10.6 Å². The Labute approximate surface area is 98.1 Å². The van der Waals surface area contributed by atoms with Gasteiger partial charge in [-0.25, -0.2) is 0 Å². The van der Waals surface area contributed by atoms with Crippen LogP contribution in [0.1, 0.15) is 24.2 Å². The Morgan fingerprint density at radius 3 is 2.94 bits per heavy atom. The average Bonchev–Trinajstić information content (AvgIpc) is 2.57. The Morgan fingerprint density at radius 1 is 1.69 bits per heavy atom. The first kappa shape index (κ1) is 12.7. The number of nitrogens with one attached hydrogen (secondary N) is 1. The van der Waals surface area contributed by atoms with Gasteiger partial charge in [-0.15, -0.1) is 0 Å². The zero-order valence-corrected chi connectivity index (χ0v) is 10.1. The average molecular weight is 244 g/mol. The van der Waals surface area contributed by atoms with Crippen LogP contribution in [-0.4, -0.2) is 29.5 Å². The van der Waals surface area contributed by atoms with E-state index in [0.717, 1.165) is 11.5 Å². The summed E-state index contributed by atoms with van der Waals surface area (Å²) in [6, 6.07) is 0. The van der Waals surface area contributed by atoms with Crippen LogP contribution in [0.3, 0.4) is 0 Å². The predicted molar refractivity (Wildman–Crippen MR) is 64.6 cm³/mol. The van der Waals surface area contributed by atoms with Crippen LogP contribution in [-0.2, 0) is 4.74 Å². The molecule has 0 aromatic carbocycles. The number of hydrogen-bond acceptors (Lipinski definition) is 6. The van der Waals surface area contributed by atoms with Gasteiger partial charge in [0.2, 0.25) is 0 Å². The van der Waals surface area contributed by atoms with Crippen LogP contribution in [0.2, 0.25) is 0 Å². The smallest absolute Gasteiger partial charge is 0.255 e. The molecule has 16 heavy (non-hydrogen) atoms. The summed E-state index contributed by atoms with van der Waals surface area (Å²) in [7, 11) is 0. The van der Waals surface area contributed by atoms with E-state index in [9.17, 15) is 4.79 Å². The van der Waals surface area contributed by atoms with Gasteiger partial charge < -0.3 is 21.5 Å². The lowest BCUT2D eigenvalue weighted by Crippen LogP contribution is -2.21. The Bertz CT molecular complexity index is 366. The first-order chi connectivity index (χ1) is 7.56.